The van der Waals surface area contributed by atoms with Gasteiger partial charge in [-0.25, -0.2) is 0 Å². The molecule has 0 rings (SSSR count). The Labute approximate surface area is 525 Å². The molecule has 0 radical (unpaired) electrons. The van der Waals surface area contributed by atoms with E-state index in [0.717, 1.165) is 51.4 Å². The van der Waals surface area contributed by atoms with Crippen LogP contribution < -0.4 is 5.32 Å². The summed E-state index contributed by atoms with van der Waals surface area (Å²) in [5.41, 5.74) is 0. The predicted molar refractivity (Wildman–Crippen MR) is 370 cm³/mol. The number of hydrogen-bond donors (Lipinski definition) is 3. The first-order valence-electron chi connectivity index (χ1n) is 38.2. The molecule has 1 amide bonds. The van der Waals surface area contributed by atoms with Crippen LogP contribution in [0.1, 0.15) is 425 Å². The van der Waals surface area contributed by atoms with Gasteiger partial charge in [0, 0.05) is 12.8 Å². The molecule has 496 valence electrons. The van der Waals surface area contributed by atoms with E-state index in [1.165, 1.54) is 340 Å². The summed E-state index contributed by atoms with van der Waals surface area (Å²) in [4.78, 5) is 24.7. The Morgan fingerprint density at radius 2 is 0.595 bits per heavy atom. The quantitative estimate of drug-likeness (QED) is 0.0320. The van der Waals surface area contributed by atoms with Crippen LogP contribution in [0.2, 0.25) is 0 Å². The largest absolute Gasteiger partial charge is 0.466 e. The van der Waals surface area contributed by atoms with E-state index in [1.807, 2.05) is 0 Å². The number of nitrogens with one attached hydrogen (secondary N) is 1. The Hall–Kier alpha value is -1.92. The molecule has 0 saturated carbocycles. The van der Waals surface area contributed by atoms with E-state index in [0.29, 0.717) is 25.9 Å². The predicted octanol–water partition coefficient (Wildman–Crippen LogP) is 25.0. The van der Waals surface area contributed by atoms with E-state index in [9.17, 15) is 19.8 Å². The summed E-state index contributed by atoms with van der Waals surface area (Å²) in [7, 11) is 0. The van der Waals surface area contributed by atoms with Crippen molar-refractivity contribution in [3.8, 4) is 0 Å². The van der Waals surface area contributed by atoms with Crippen LogP contribution in [0.15, 0.2) is 36.5 Å². The zero-order valence-electron chi connectivity index (χ0n) is 56.9. The molecule has 0 aliphatic rings. The maximum absolute atomic E-state index is 12.5. The standard InChI is InChI=1S/C78H149NO5/c1-3-5-7-9-11-13-15-17-19-21-35-40-44-48-52-56-60-64-68-72-78(83)84-73-69-65-61-57-53-49-45-41-37-34-32-30-28-26-24-22-23-25-27-29-31-33-36-39-43-47-51-55-59-63-67-71-77(82)79-75(74-80)76(81)70-66-62-58-54-50-46-42-38-20-18-16-14-12-10-8-6-4-2/h11,13,17,19,24,26,75-76,80-81H,3-10,12,14-16,18,20-23,25,27-74H2,1-2H3,(H,79,82)/b13-11-,19-17-,26-24-. The van der Waals surface area contributed by atoms with E-state index >= 15 is 0 Å². The summed E-state index contributed by atoms with van der Waals surface area (Å²) < 4.78 is 5.51. The summed E-state index contributed by atoms with van der Waals surface area (Å²) in [5, 5.41) is 23.4. The molecule has 0 spiro atoms. The van der Waals surface area contributed by atoms with Gasteiger partial charge in [-0.1, -0.05) is 365 Å². The van der Waals surface area contributed by atoms with Crippen molar-refractivity contribution in [2.45, 2.75) is 437 Å². The summed E-state index contributed by atoms with van der Waals surface area (Å²) >= 11 is 0. The van der Waals surface area contributed by atoms with Gasteiger partial charge >= 0.3 is 5.97 Å². The highest BCUT2D eigenvalue weighted by atomic mass is 16.5. The fourth-order valence-corrected chi connectivity index (χ4v) is 12.1. The molecule has 0 fully saturated rings. The van der Waals surface area contributed by atoms with Gasteiger partial charge in [-0.3, -0.25) is 9.59 Å². The van der Waals surface area contributed by atoms with Gasteiger partial charge in [-0.15, -0.1) is 0 Å². The van der Waals surface area contributed by atoms with Crippen molar-refractivity contribution in [3.63, 3.8) is 0 Å². The maximum Gasteiger partial charge on any atom is 0.305 e. The van der Waals surface area contributed by atoms with Gasteiger partial charge in [0.25, 0.3) is 0 Å². The lowest BCUT2D eigenvalue weighted by Gasteiger charge is -2.22. The number of hydrogen-bond acceptors (Lipinski definition) is 5. The first kappa shape index (κ1) is 82.1. The number of allylic oxidation sites excluding steroid dienone is 6. The Morgan fingerprint density at radius 1 is 0.333 bits per heavy atom. The van der Waals surface area contributed by atoms with Crippen LogP contribution >= 0.6 is 0 Å². The highest BCUT2D eigenvalue weighted by Gasteiger charge is 2.20. The summed E-state index contributed by atoms with van der Waals surface area (Å²) in [6, 6.07) is -0.540. The highest BCUT2D eigenvalue weighted by Crippen LogP contribution is 2.19. The maximum atomic E-state index is 12.5. The zero-order valence-corrected chi connectivity index (χ0v) is 56.9. The summed E-state index contributed by atoms with van der Waals surface area (Å²) in [6.45, 7) is 4.97. The van der Waals surface area contributed by atoms with E-state index in [2.05, 4.69) is 55.6 Å². The minimum atomic E-state index is -0.663. The Balaban J connectivity index is 3.35. The highest BCUT2D eigenvalue weighted by molar-refractivity contribution is 5.76. The molecule has 2 unspecified atom stereocenters. The number of carbonyl (C=O) groups is 2. The molecule has 0 aromatic carbocycles. The van der Waals surface area contributed by atoms with Crippen molar-refractivity contribution in [1.82, 2.24) is 5.32 Å². The number of carbonyl (C=O) groups excluding carboxylic acids is 2. The van der Waals surface area contributed by atoms with E-state index in [1.54, 1.807) is 0 Å². The number of unbranched alkanes of at least 4 members (excludes halogenated alkanes) is 55. The van der Waals surface area contributed by atoms with E-state index in [-0.39, 0.29) is 18.5 Å². The molecule has 0 saturated heterocycles. The fraction of sp³-hybridized carbons (Fsp3) is 0.897. The molecule has 84 heavy (non-hydrogen) atoms. The molecule has 3 N–H and O–H groups in total. The smallest absolute Gasteiger partial charge is 0.305 e. The minimum absolute atomic E-state index is 0.0146. The monoisotopic (exact) mass is 1180 g/mol. The first-order valence-corrected chi connectivity index (χ1v) is 38.2. The first-order chi connectivity index (χ1) is 41.5. The number of aliphatic hydroxyl groups is 2. The van der Waals surface area contributed by atoms with Crippen molar-refractivity contribution in [1.29, 1.82) is 0 Å². The SMILES string of the molecule is CCCCC/C=C\C/C=C\CCCCCCCCCCCC(=O)OCCCCCCCCCCCCCC/C=C\CCCCCCCCCCCCCCCCCC(=O)NC(CO)C(O)CCCCCCCCCCCCCCCCCCC. The molecular formula is C78H149NO5. The van der Waals surface area contributed by atoms with Crippen LogP contribution in [0.4, 0.5) is 0 Å². The molecule has 0 aliphatic heterocycles. The number of amides is 1. The molecule has 6 heteroatoms. The topological polar surface area (TPSA) is 95.9 Å². The third-order valence-corrected chi connectivity index (χ3v) is 17.9. The van der Waals surface area contributed by atoms with Gasteiger partial charge in [0.2, 0.25) is 5.91 Å². The summed E-state index contributed by atoms with van der Waals surface area (Å²) in [6.07, 6.45) is 95.0. The lowest BCUT2D eigenvalue weighted by Crippen LogP contribution is -2.45. The van der Waals surface area contributed by atoms with Crippen LogP contribution in [0, 0.1) is 0 Å². The van der Waals surface area contributed by atoms with Crippen LogP contribution in [-0.4, -0.2) is 47.4 Å². The zero-order chi connectivity index (χ0) is 60.6. The van der Waals surface area contributed by atoms with Gasteiger partial charge in [-0.05, 0) is 83.5 Å². The van der Waals surface area contributed by atoms with Crippen molar-refractivity contribution in [2.24, 2.45) is 0 Å². The number of ether oxygens (including phenoxy) is 1. The third-order valence-electron chi connectivity index (χ3n) is 17.9. The number of aliphatic hydroxyl groups excluding tert-OH is 2. The Bertz CT molecular complexity index is 1360. The average molecular weight is 1180 g/mol. The third kappa shape index (κ3) is 69.2. The van der Waals surface area contributed by atoms with Crippen molar-refractivity contribution >= 4 is 11.9 Å². The van der Waals surface area contributed by atoms with Crippen LogP contribution in [0.25, 0.3) is 0 Å². The second-order valence-corrected chi connectivity index (χ2v) is 26.3. The molecule has 0 heterocycles. The summed E-state index contributed by atoms with van der Waals surface area (Å²) in [5.74, 6) is -0.0146. The van der Waals surface area contributed by atoms with Crippen LogP contribution in [0.3, 0.4) is 0 Å². The van der Waals surface area contributed by atoms with Gasteiger partial charge in [0.15, 0.2) is 0 Å². The lowest BCUT2D eigenvalue weighted by molar-refractivity contribution is -0.143. The van der Waals surface area contributed by atoms with Crippen LogP contribution in [0.5, 0.6) is 0 Å². The van der Waals surface area contributed by atoms with E-state index < -0.39 is 12.1 Å². The second-order valence-electron chi connectivity index (χ2n) is 26.3. The van der Waals surface area contributed by atoms with E-state index in [4.69, 9.17) is 4.74 Å². The van der Waals surface area contributed by atoms with Crippen LogP contribution in [-0.2, 0) is 14.3 Å². The fourth-order valence-electron chi connectivity index (χ4n) is 12.1. The van der Waals surface area contributed by atoms with Gasteiger partial charge < -0.3 is 20.3 Å². The molecule has 0 aromatic rings. The lowest BCUT2D eigenvalue weighted by atomic mass is 10.0. The minimum Gasteiger partial charge on any atom is -0.466 e. The second kappa shape index (κ2) is 73.5. The normalized spacial score (nSPS) is 12.7. The number of rotatable bonds is 72. The molecular weight excluding hydrogens is 1030 g/mol. The molecule has 6 nitrogen and oxygen atoms in total. The molecule has 0 aromatic heterocycles. The van der Waals surface area contributed by atoms with Gasteiger partial charge in [0.05, 0.1) is 25.4 Å². The molecule has 0 bridgehead atoms. The number of esters is 1. The van der Waals surface area contributed by atoms with Crippen molar-refractivity contribution < 1.29 is 24.5 Å². The molecule has 0 aliphatic carbocycles. The van der Waals surface area contributed by atoms with Gasteiger partial charge in [-0.2, -0.15) is 0 Å². The Kier molecular flexibility index (Phi) is 71.9. The average Bonchev–Trinajstić information content (AvgIpc) is 3.51. The van der Waals surface area contributed by atoms with Crippen molar-refractivity contribution in [2.75, 3.05) is 13.2 Å². The molecule has 2 atom stereocenters. The Morgan fingerprint density at radius 3 is 0.940 bits per heavy atom. The van der Waals surface area contributed by atoms with Gasteiger partial charge in [0.1, 0.15) is 0 Å². The van der Waals surface area contributed by atoms with Crippen molar-refractivity contribution in [3.05, 3.63) is 36.5 Å².